The predicted molar refractivity (Wildman–Crippen MR) is 72.1 cm³/mol. The van der Waals surface area contributed by atoms with E-state index < -0.39 is 0 Å². The van der Waals surface area contributed by atoms with Gasteiger partial charge in [-0.2, -0.15) is 0 Å². The Bertz CT molecular complexity index is 323. The zero-order valence-electron chi connectivity index (χ0n) is 10.4. The fourth-order valence-corrected chi connectivity index (χ4v) is 1.51. The van der Waals surface area contributed by atoms with Gasteiger partial charge in [-0.15, -0.1) is 0 Å². The summed E-state index contributed by atoms with van der Waals surface area (Å²) < 4.78 is 18.9. The number of hydrogen-bond donors (Lipinski definition) is 0. The van der Waals surface area contributed by atoms with Gasteiger partial charge in [0.2, 0.25) is 0 Å². The molecule has 0 bridgehead atoms. The summed E-state index contributed by atoms with van der Waals surface area (Å²) in [7, 11) is 0. The second kappa shape index (κ2) is 8.10. The molecule has 1 nitrogen and oxygen atoms in total. The molecule has 2 heteroatoms. The monoisotopic (exact) mass is 240 g/mol. The van der Waals surface area contributed by atoms with Crippen LogP contribution in [0.25, 0.3) is 0 Å². The van der Waals surface area contributed by atoms with E-state index in [4.69, 9.17) is 4.74 Å². The van der Waals surface area contributed by atoms with Crippen LogP contribution in [0.2, 0.25) is 0 Å². The molecule has 0 aromatic heterocycles. The number of ether oxygens (including phenoxy) is 1. The first-order valence-electron chi connectivity index (χ1n) is 6.12. The van der Waals surface area contributed by atoms with Gasteiger partial charge >= 0.3 is 0 Å². The van der Waals surface area contributed by atoms with Crippen LogP contribution in [0.3, 0.4) is 0 Å². The molecule has 0 saturated carbocycles. The van der Waals surface area contributed by atoms with Crippen molar-refractivity contribution in [2.24, 2.45) is 0 Å². The molecule has 0 heterocycles. The lowest BCUT2D eigenvalue weighted by Crippen LogP contribution is -2.11. The molecule has 1 atom stereocenters. The normalized spacial score (nSPS) is 11.8. The average Bonchev–Trinajstić information content (AvgIpc) is 2.28. The van der Waals surface area contributed by atoms with Crippen LogP contribution in [0, 0.1) is 5.82 Å². The standard InChI is InChI=1S/C14H21FO.CH4/c1-4-6-7-12-8-9-13(15)10-14(12)16-11(3)5-2;/h8-11H,4-7H2,1-3H3;1H4/t11-;/m1./s1. The smallest absolute Gasteiger partial charge is 0.126 e. The van der Waals surface area contributed by atoms with Crippen LogP contribution in [0.5, 0.6) is 5.75 Å². The summed E-state index contributed by atoms with van der Waals surface area (Å²) >= 11 is 0. The SMILES string of the molecule is C.CCCCc1ccc(F)cc1O[C@H](C)CC. The first-order chi connectivity index (χ1) is 7.67. The average molecular weight is 240 g/mol. The Morgan fingerprint density at radius 3 is 2.59 bits per heavy atom. The van der Waals surface area contributed by atoms with Gasteiger partial charge in [-0.25, -0.2) is 4.39 Å². The van der Waals surface area contributed by atoms with E-state index in [9.17, 15) is 4.39 Å². The van der Waals surface area contributed by atoms with E-state index in [1.807, 2.05) is 13.0 Å². The molecular formula is C15H25FO. The topological polar surface area (TPSA) is 9.23 Å². The summed E-state index contributed by atoms with van der Waals surface area (Å²) in [5, 5.41) is 0. The summed E-state index contributed by atoms with van der Waals surface area (Å²) in [5.41, 5.74) is 1.11. The highest BCUT2D eigenvalue weighted by molar-refractivity contribution is 5.34. The molecule has 1 rings (SSSR count). The van der Waals surface area contributed by atoms with Crippen molar-refractivity contribution < 1.29 is 9.13 Å². The Balaban J connectivity index is 0.00000256. The van der Waals surface area contributed by atoms with Crippen LogP contribution in [-0.2, 0) is 6.42 Å². The second-order valence-corrected chi connectivity index (χ2v) is 4.19. The van der Waals surface area contributed by atoms with Gasteiger partial charge in [-0.1, -0.05) is 33.8 Å². The van der Waals surface area contributed by atoms with Crippen LogP contribution in [0.4, 0.5) is 4.39 Å². The molecule has 98 valence electrons. The van der Waals surface area contributed by atoms with E-state index in [0.717, 1.165) is 31.2 Å². The number of aryl methyl sites for hydroxylation is 1. The summed E-state index contributed by atoms with van der Waals surface area (Å²) in [5.74, 6) is 0.487. The van der Waals surface area contributed by atoms with Gasteiger partial charge in [0.25, 0.3) is 0 Å². The molecule has 0 aliphatic rings. The molecule has 0 aliphatic heterocycles. The van der Waals surface area contributed by atoms with Crippen molar-refractivity contribution in [1.29, 1.82) is 0 Å². The lowest BCUT2D eigenvalue weighted by molar-refractivity contribution is 0.214. The molecular weight excluding hydrogens is 215 g/mol. The largest absolute Gasteiger partial charge is 0.490 e. The molecule has 17 heavy (non-hydrogen) atoms. The van der Waals surface area contributed by atoms with Crippen molar-refractivity contribution in [3.63, 3.8) is 0 Å². The minimum atomic E-state index is -0.224. The number of benzene rings is 1. The third-order valence-corrected chi connectivity index (χ3v) is 2.73. The van der Waals surface area contributed by atoms with E-state index in [1.54, 1.807) is 0 Å². The van der Waals surface area contributed by atoms with Crippen molar-refractivity contribution in [2.45, 2.75) is 60.0 Å². The van der Waals surface area contributed by atoms with E-state index in [0.29, 0.717) is 5.75 Å². The minimum absolute atomic E-state index is 0. The fraction of sp³-hybridized carbons (Fsp3) is 0.600. The lowest BCUT2D eigenvalue weighted by Gasteiger charge is -2.16. The molecule has 1 aromatic carbocycles. The van der Waals surface area contributed by atoms with Crippen LogP contribution in [0.15, 0.2) is 18.2 Å². The van der Waals surface area contributed by atoms with Crippen molar-refractivity contribution in [3.05, 3.63) is 29.6 Å². The molecule has 0 aliphatic carbocycles. The maximum atomic E-state index is 13.1. The van der Waals surface area contributed by atoms with Gasteiger partial charge in [-0.3, -0.25) is 0 Å². The molecule has 0 amide bonds. The molecule has 0 unspecified atom stereocenters. The van der Waals surface area contributed by atoms with Gasteiger partial charge in [-0.05, 0) is 37.8 Å². The Labute approximate surface area is 105 Å². The number of hydrogen-bond acceptors (Lipinski definition) is 1. The molecule has 0 spiro atoms. The lowest BCUT2D eigenvalue weighted by atomic mass is 10.1. The number of unbranched alkanes of at least 4 members (excludes halogenated alkanes) is 1. The highest BCUT2D eigenvalue weighted by Crippen LogP contribution is 2.23. The second-order valence-electron chi connectivity index (χ2n) is 4.19. The van der Waals surface area contributed by atoms with Crippen molar-refractivity contribution in [2.75, 3.05) is 0 Å². The van der Waals surface area contributed by atoms with E-state index in [-0.39, 0.29) is 19.3 Å². The maximum Gasteiger partial charge on any atom is 0.126 e. The number of rotatable bonds is 6. The van der Waals surface area contributed by atoms with E-state index in [2.05, 4.69) is 13.8 Å². The Kier molecular flexibility index (Phi) is 7.60. The van der Waals surface area contributed by atoms with Crippen molar-refractivity contribution >= 4 is 0 Å². The maximum absolute atomic E-state index is 13.1. The number of halogens is 1. The zero-order valence-corrected chi connectivity index (χ0v) is 10.4. The van der Waals surface area contributed by atoms with Crippen molar-refractivity contribution in [3.8, 4) is 5.75 Å². The third kappa shape index (κ3) is 5.20. The summed E-state index contributed by atoms with van der Waals surface area (Å²) in [6.07, 6.45) is 4.29. The molecule has 0 saturated heterocycles. The van der Waals surface area contributed by atoms with Crippen LogP contribution in [0.1, 0.15) is 53.0 Å². The molecule has 0 fully saturated rings. The van der Waals surface area contributed by atoms with Gasteiger partial charge < -0.3 is 4.74 Å². The van der Waals surface area contributed by atoms with Gasteiger partial charge in [0.15, 0.2) is 0 Å². The highest BCUT2D eigenvalue weighted by atomic mass is 19.1. The van der Waals surface area contributed by atoms with Gasteiger partial charge in [0.05, 0.1) is 6.10 Å². The van der Waals surface area contributed by atoms with E-state index >= 15 is 0 Å². The van der Waals surface area contributed by atoms with E-state index in [1.165, 1.54) is 12.1 Å². The van der Waals surface area contributed by atoms with Crippen LogP contribution < -0.4 is 4.74 Å². The van der Waals surface area contributed by atoms with Crippen molar-refractivity contribution in [1.82, 2.24) is 0 Å². The predicted octanol–water partition coefficient (Wildman–Crippen LogP) is 4.98. The summed E-state index contributed by atoms with van der Waals surface area (Å²) in [4.78, 5) is 0. The quantitative estimate of drug-likeness (QED) is 0.681. The fourth-order valence-electron chi connectivity index (χ4n) is 1.51. The van der Waals surface area contributed by atoms with Crippen LogP contribution in [-0.4, -0.2) is 6.10 Å². The first kappa shape index (κ1) is 16.0. The highest BCUT2D eigenvalue weighted by Gasteiger charge is 2.08. The Morgan fingerprint density at radius 1 is 1.29 bits per heavy atom. The van der Waals surface area contributed by atoms with Gasteiger partial charge in [0.1, 0.15) is 11.6 Å². The molecule has 1 aromatic rings. The van der Waals surface area contributed by atoms with Gasteiger partial charge in [0, 0.05) is 6.07 Å². The summed E-state index contributed by atoms with van der Waals surface area (Å²) in [6, 6.07) is 4.84. The molecule has 0 radical (unpaired) electrons. The Morgan fingerprint density at radius 2 is 2.00 bits per heavy atom. The first-order valence-corrected chi connectivity index (χ1v) is 6.12. The van der Waals surface area contributed by atoms with Crippen LogP contribution >= 0.6 is 0 Å². The summed E-state index contributed by atoms with van der Waals surface area (Å²) in [6.45, 7) is 6.23. The zero-order chi connectivity index (χ0) is 12.0. The minimum Gasteiger partial charge on any atom is -0.490 e. The molecule has 0 N–H and O–H groups in total. The Hall–Kier alpha value is -1.05. The third-order valence-electron chi connectivity index (χ3n) is 2.73.